The number of nitro groups is 1. The van der Waals surface area contributed by atoms with E-state index >= 15 is 0 Å². The summed E-state index contributed by atoms with van der Waals surface area (Å²) in [5, 5.41) is 20.1. The van der Waals surface area contributed by atoms with Crippen LogP contribution in [-0.2, 0) is 4.79 Å². The van der Waals surface area contributed by atoms with Crippen LogP contribution in [-0.4, -0.2) is 40.4 Å². The number of ether oxygens (including phenoxy) is 2. The lowest BCUT2D eigenvalue weighted by Gasteiger charge is -2.17. The number of fused-ring (bicyclic) bond motifs is 1. The normalized spacial score (nSPS) is 11.3. The van der Waals surface area contributed by atoms with Gasteiger partial charge in [-0.25, -0.2) is 4.98 Å². The van der Waals surface area contributed by atoms with Gasteiger partial charge in [-0.2, -0.15) is 9.78 Å². The predicted molar refractivity (Wildman–Crippen MR) is 186 cm³/mol. The average Bonchev–Trinajstić information content (AvgIpc) is 3.04. The fourth-order valence-corrected chi connectivity index (χ4v) is 5.62. The van der Waals surface area contributed by atoms with Gasteiger partial charge in [0, 0.05) is 27.9 Å². The lowest BCUT2D eigenvalue weighted by Crippen LogP contribution is -2.21. The fourth-order valence-electron chi connectivity index (χ4n) is 4.92. The molecule has 13 heteroatoms. The molecule has 5 rings (SSSR count). The highest BCUT2D eigenvalue weighted by atomic mass is 79.9. The van der Waals surface area contributed by atoms with Crippen molar-refractivity contribution in [2.75, 3.05) is 19.0 Å². The van der Waals surface area contributed by atoms with Gasteiger partial charge in [0.2, 0.25) is 5.75 Å². The van der Waals surface area contributed by atoms with E-state index in [2.05, 4.69) is 26.3 Å². The molecule has 5 aromatic rings. The number of hydrogen-bond acceptors (Lipinski definition) is 8. The molecule has 0 aliphatic rings. The minimum atomic E-state index is -0.627. The molecule has 11 nitrogen and oxygen atoms in total. The van der Waals surface area contributed by atoms with E-state index in [1.54, 1.807) is 55.6 Å². The molecule has 240 valence electrons. The van der Waals surface area contributed by atoms with Crippen LogP contribution in [0, 0.1) is 17.0 Å². The second-order valence-electron chi connectivity index (χ2n) is 10.8. The maximum atomic E-state index is 13.8. The van der Waals surface area contributed by atoms with E-state index in [4.69, 9.17) is 26.1 Å². The van der Waals surface area contributed by atoms with Crippen LogP contribution in [0.2, 0.25) is 5.02 Å². The van der Waals surface area contributed by atoms with Crippen molar-refractivity contribution in [2.45, 2.75) is 26.7 Å². The molecule has 0 aliphatic carbocycles. The molecule has 0 bridgehead atoms. The quantitative estimate of drug-likeness (QED) is 0.0886. The Labute approximate surface area is 283 Å². The maximum Gasteiger partial charge on any atom is 0.312 e. The number of nitrogens with zero attached hydrogens (tertiary/aromatic N) is 4. The Morgan fingerprint density at radius 2 is 1.87 bits per heavy atom. The number of nitrogens with one attached hydrogen (secondary N) is 1. The van der Waals surface area contributed by atoms with Gasteiger partial charge in [-0.15, -0.1) is 0 Å². The molecule has 1 aromatic heterocycles. The average molecular weight is 719 g/mol. The van der Waals surface area contributed by atoms with Crippen LogP contribution in [0.5, 0.6) is 11.5 Å². The van der Waals surface area contributed by atoms with Crippen molar-refractivity contribution in [1.29, 1.82) is 0 Å². The molecular weight excluding hydrogens is 690 g/mol. The van der Waals surface area contributed by atoms with Crippen molar-refractivity contribution in [2.24, 2.45) is 5.10 Å². The van der Waals surface area contributed by atoms with E-state index < -0.39 is 28.7 Å². The van der Waals surface area contributed by atoms with Crippen LogP contribution < -0.4 is 20.3 Å². The van der Waals surface area contributed by atoms with Crippen LogP contribution in [0.15, 0.2) is 87.2 Å². The summed E-state index contributed by atoms with van der Waals surface area (Å²) in [4.78, 5) is 42.5. The molecule has 4 aromatic carbocycles. The number of nitro benzene ring substituents is 1. The summed E-state index contributed by atoms with van der Waals surface area (Å²) in [6.07, 6.45) is 1.33. The van der Waals surface area contributed by atoms with Crippen LogP contribution in [0.25, 0.3) is 22.3 Å². The van der Waals surface area contributed by atoms with E-state index in [0.29, 0.717) is 38.6 Å². The molecule has 47 heavy (non-hydrogen) atoms. The summed E-state index contributed by atoms with van der Waals surface area (Å²) in [6.45, 7) is 5.49. The number of aryl methyl sites for hydroxylation is 1. The third-order valence-electron chi connectivity index (χ3n) is 7.23. The van der Waals surface area contributed by atoms with Crippen molar-refractivity contribution in [3.8, 4) is 22.9 Å². The van der Waals surface area contributed by atoms with Gasteiger partial charge in [0.15, 0.2) is 12.4 Å². The summed E-state index contributed by atoms with van der Waals surface area (Å²) in [5.74, 6) is 0.479. The lowest BCUT2D eigenvalue weighted by molar-refractivity contribution is -0.385. The summed E-state index contributed by atoms with van der Waals surface area (Å²) in [7, 11) is 1.61. The smallest absolute Gasteiger partial charge is 0.312 e. The molecule has 0 saturated heterocycles. The minimum Gasteiger partial charge on any atom is -0.496 e. The van der Waals surface area contributed by atoms with Crippen LogP contribution >= 0.6 is 27.5 Å². The third kappa shape index (κ3) is 7.34. The number of rotatable bonds is 10. The minimum absolute atomic E-state index is 0.121. The van der Waals surface area contributed by atoms with Gasteiger partial charge in [-0.05, 0) is 94.5 Å². The number of methoxy groups -OCH3 is 1. The van der Waals surface area contributed by atoms with Gasteiger partial charge in [0.05, 0.1) is 33.6 Å². The summed E-state index contributed by atoms with van der Waals surface area (Å²) in [6, 6.07) is 20.1. The Balaban J connectivity index is 1.53. The van der Waals surface area contributed by atoms with Crippen molar-refractivity contribution in [1.82, 2.24) is 9.66 Å². The monoisotopic (exact) mass is 717 g/mol. The first-order valence-corrected chi connectivity index (χ1v) is 15.5. The van der Waals surface area contributed by atoms with E-state index in [9.17, 15) is 19.7 Å². The van der Waals surface area contributed by atoms with Gasteiger partial charge in [0.1, 0.15) is 5.75 Å². The predicted octanol–water partition coefficient (Wildman–Crippen LogP) is 7.73. The Kier molecular flexibility index (Phi) is 10.0. The molecule has 0 radical (unpaired) electrons. The Morgan fingerprint density at radius 1 is 1.15 bits per heavy atom. The number of aromatic nitrogens is 2. The number of carbonyl (C=O) groups excluding carboxylic acids is 1. The zero-order valence-electron chi connectivity index (χ0n) is 25.8. The molecule has 0 atom stereocenters. The van der Waals surface area contributed by atoms with E-state index in [1.165, 1.54) is 23.0 Å². The first kappa shape index (κ1) is 33.3. The number of hydrogen-bond donors (Lipinski definition) is 1. The second-order valence-corrected chi connectivity index (χ2v) is 12.1. The number of anilines is 1. The van der Waals surface area contributed by atoms with Crippen LogP contribution in [0.3, 0.4) is 0 Å². The van der Waals surface area contributed by atoms with Crippen molar-refractivity contribution in [3.63, 3.8) is 0 Å². The third-order valence-corrected chi connectivity index (χ3v) is 8.08. The number of carbonyl (C=O) groups is 1. The maximum absolute atomic E-state index is 13.8. The Hall–Kier alpha value is -5.07. The standard InChI is InChI=1S/C34H29BrClN5O6/c1-19(2)25-16-26(20(3)13-30(25)46-4)33-39-28-8-6-5-7-24(28)34(43)40(33)37-17-21-14-27(35)32(29(15-21)41(44)45)47-18-31(42)38-23-11-9-22(36)10-12-23/h5-17,19H,18H2,1-4H3,(H,38,42). The molecule has 0 fully saturated rings. The topological polar surface area (TPSA) is 138 Å². The number of halogens is 2. The van der Waals surface area contributed by atoms with Gasteiger partial charge in [-0.1, -0.05) is 37.6 Å². The van der Waals surface area contributed by atoms with Crippen LogP contribution in [0.1, 0.15) is 36.5 Å². The summed E-state index contributed by atoms with van der Waals surface area (Å²) >= 11 is 9.21. The first-order valence-electron chi connectivity index (χ1n) is 14.4. The van der Waals surface area contributed by atoms with E-state index in [0.717, 1.165) is 16.9 Å². The highest BCUT2D eigenvalue weighted by molar-refractivity contribution is 9.10. The van der Waals surface area contributed by atoms with Crippen molar-refractivity contribution in [3.05, 3.63) is 119 Å². The number of benzene rings is 4. The molecular formula is C34H29BrClN5O6. The lowest BCUT2D eigenvalue weighted by atomic mass is 9.96. The molecule has 1 amide bonds. The highest BCUT2D eigenvalue weighted by Crippen LogP contribution is 2.37. The molecule has 0 spiro atoms. The van der Waals surface area contributed by atoms with E-state index in [-0.39, 0.29) is 16.1 Å². The summed E-state index contributed by atoms with van der Waals surface area (Å²) < 4.78 is 12.6. The van der Waals surface area contributed by atoms with Gasteiger partial charge >= 0.3 is 5.69 Å². The van der Waals surface area contributed by atoms with Gasteiger partial charge < -0.3 is 14.8 Å². The molecule has 1 heterocycles. The summed E-state index contributed by atoms with van der Waals surface area (Å²) in [5.41, 5.74) is 2.90. The zero-order valence-corrected chi connectivity index (χ0v) is 28.1. The second kappa shape index (κ2) is 14.1. The van der Waals surface area contributed by atoms with Crippen molar-refractivity contribution >= 4 is 61.9 Å². The number of amides is 1. The zero-order chi connectivity index (χ0) is 33.8. The van der Waals surface area contributed by atoms with Crippen LogP contribution in [0.4, 0.5) is 11.4 Å². The fraction of sp³-hybridized carbons (Fsp3) is 0.176. The van der Waals surface area contributed by atoms with Gasteiger partial charge in [-0.3, -0.25) is 19.7 Å². The SMILES string of the molecule is COc1cc(C)c(-c2nc3ccccc3c(=O)n2N=Cc2cc(Br)c(OCC(=O)Nc3ccc(Cl)cc3)c([N+](=O)[O-])c2)cc1C(C)C. The molecule has 0 unspecified atom stereocenters. The van der Waals surface area contributed by atoms with E-state index in [1.807, 2.05) is 32.9 Å². The van der Waals surface area contributed by atoms with Crippen molar-refractivity contribution < 1.29 is 19.2 Å². The largest absolute Gasteiger partial charge is 0.496 e. The highest BCUT2D eigenvalue weighted by Gasteiger charge is 2.22. The first-order chi connectivity index (χ1) is 22.5. The molecule has 0 aliphatic heterocycles. The van der Waals surface area contributed by atoms with Gasteiger partial charge in [0.25, 0.3) is 11.5 Å². The Bertz CT molecular complexity index is 2100. The molecule has 1 N–H and O–H groups in total. The number of para-hydroxylation sites is 1. The Morgan fingerprint density at radius 3 is 2.55 bits per heavy atom. The molecule has 0 saturated carbocycles.